The number of ether oxygens (including phenoxy) is 2. The lowest BCUT2D eigenvalue weighted by molar-refractivity contribution is -0.148. The number of hydrogen-bond acceptors (Lipinski definition) is 4. The number of carbonyl (C=O) groups is 2. The van der Waals surface area contributed by atoms with Crippen LogP contribution < -0.4 is 0 Å². The molecule has 1 aliphatic rings. The smallest absolute Gasteiger partial charge is 0.410 e. The van der Waals surface area contributed by atoms with Gasteiger partial charge in [0.1, 0.15) is 11.2 Å². The van der Waals surface area contributed by atoms with Crippen molar-refractivity contribution in [2.24, 2.45) is 5.92 Å². The molecular weight excluding hydrogens is 282 g/mol. The summed E-state index contributed by atoms with van der Waals surface area (Å²) >= 11 is 0. The van der Waals surface area contributed by atoms with Crippen molar-refractivity contribution in [2.45, 2.75) is 65.6 Å². The number of likely N-dealkylation sites (tertiary alicyclic amines) is 1. The Morgan fingerprint density at radius 3 is 1.91 bits per heavy atom. The molecule has 0 saturated carbocycles. The van der Waals surface area contributed by atoms with Crippen LogP contribution in [0.25, 0.3) is 0 Å². The summed E-state index contributed by atoms with van der Waals surface area (Å²) in [5.41, 5.74) is -0.938. The van der Waals surface area contributed by atoms with E-state index in [1.54, 1.807) is 4.90 Å². The molecule has 1 heterocycles. The molecule has 1 aliphatic heterocycles. The minimum atomic E-state index is -0.471. The van der Waals surface area contributed by atoms with E-state index in [1.165, 1.54) is 6.08 Å². The molecule has 0 atom stereocenters. The van der Waals surface area contributed by atoms with E-state index in [1.807, 2.05) is 47.6 Å². The molecule has 126 valence electrons. The number of esters is 1. The highest BCUT2D eigenvalue weighted by atomic mass is 16.6. The van der Waals surface area contributed by atoms with E-state index in [0.717, 1.165) is 12.8 Å². The summed E-state index contributed by atoms with van der Waals surface area (Å²) in [6.45, 7) is 12.4. The third kappa shape index (κ3) is 7.48. The summed E-state index contributed by atoms with van der Waals surface area (Å²) in [4.78, 5) is 25.3. The summed E-state index contributed by atoms with van der Waals surface area (Å²) in [5, 5.41) is 0. The predicted molar refractivity (Wildman–Crippen MR) is 85.5 cm³/mol. The maximum atomic E-state index is 12.0. The number of hydrogen-bond donors (Lipinski definition) is 0. The van der Waals surface area contributed by atoms with Crippen LogP contribution in [0.15, 0.2) is 12.2 Å². The van der Waals surface area contributed by atoms with E-state index < -0.39 is 11.2 Å². The summed E-state index contributed by atoms with van der Waals surface area (Å²) in [7, 11) is 0. The minimum Gasteiger partial charge on any atom is -0.457 e. The number of rotatable bonds is 2. The van der Waals surface area contributed by atoms with Crippen molar-refractivity contribution in [3.05, 3.63) is 12.2 Å². The Morgan fingerprint density at radius 2 is 1.45 bits per heavy atom. The highest BCUT2D eigenvalue weighted by molar-refractivity contribution is 5.82. The lowest BCUT2D eigenvalue weighted by Crippen LogP contribution is -2.41. The van der Waals surface area contributed by atoms with Gasteiger partial charge in [-0.1, -0.05) is 6.08 Å². The molecule has 0 aromatic carbocycles. The van der Waals surface area contributed by atoms with Crippen LogP contribution >= 0.6 is 0 Å². The van der Waals surface area contributed by atoms with Gasteiger partial charge in [-0.2, -0.15) is 0 Å². The second kappa shape index (κ2) is 7.16. The van der Waals surface area contributed by atoms with E-state index >= 15 is 0 Å². The lowest BCUT2D eigenvalue weighted by Gasteiger charge is -2.32. The van der Waals surface area contributed by atoms with Crippen molar-refractivity contribution < 1.29 is 19.1 Å². The third-order valence-electron chi connectivity index (χ3n) is 3.10. The number of piperidine rings is 1. The Bertz CT molecular complexity index is 421. The third-order valence-corrected chi connectivity index (χ3v) is 3.10. The molecule has 0 spiro atoms. The quantitative estimate of drug-likeness (QED) is 0.578. The molecule has 0 aromatic rings. The van der Waals surface area contributed by atoms with Crippen LogP contribution in [0.3, 0.4) is 0 Å². The van der Waals surface area contributed by atoms with Gasteiger partial charge in [-0.25, -0.2) is 9.59 Å². The zero-order chi connectivity index (χ0) is 17.0. The van der Waals surface area contributed by atoms with Gasteiger partial charge in [0.15, 0.2) is 0 Å². The SMILES string of the molecule is CC(C)(C)OC(=O)/C=C/C1CCN(C(=O)OC(C)(C)C)CC1. The fourth-order valence-electron chi connectivity index (χ4n) is 2.15. The molecule has 0 aromatic heterocycles. The van der Waals surface area contributed by atoms with Gasteiger partial charge in [-0.3, -0.25) is 0 Å². The first-order chi connectivity index (χ1) is 9.96. The topological polar surface area (TPSA) is 55.8 Å². The summed E-state index contributed by atoms with van der Waals surface area (Å²) in [6, 6.07) is 0. The van der Waals surface area contributed by atoms with E-state index in [9.17, 15) is 9.59 Å². The second-order valence-corrected chi connectivity index (χ2v) is 7.70. The van der Waals surface area contributed by atoms with Gasteiger partial charge in [0, 0.05) is 19.2 Å². The van der Waals surface area contributed by atoms with Crippen LogP contribution in [-0.2, 0) is 14.3 Å². The average molecular weight is 311 g/mol. The normalized spacial score (nSPS) is 17.6. The van der Waals surface area contributed by atoms with Crippen LogP contribution in [0.5, 0.6) is 0 Å². The first kappa shape index (κ1) is 18.5. The second-order valence-electron chi connectivity index (χ2n) is 7.70. The van der Waals surface area contributed by atoms with E-state index in [0.29, 0.717) is 19.0 Å². The maximum absolute atomic E-state index is 12.0. The van der Waals surface area contributed by atoms with Gasteiger partial charge < -0.3 is 14.4 Å². The summed E-state index contributed by atoms with van der Waals surface area (Å²) in [6.07, 6.45) is 4.79. The number of nitrogens with zero attached hydrogens (tertiary/aromatic N) is 1. The van der Waals surface area contributed by atoms with Gasteiger partial charge >= 0.3 is 12.1 Å². The fourth-order valence-corrected chi connectivity index (χ4v) is 2.15. The Morgan fingerprint density at radius 1 is 0.955 bits per heavy atom. The van der Waals surface area contributed by atoms with E-state index in [4.69, 9.17) is 9.47 Å². The van der Waals surface area contributed by atoms with Crippen LogP contribution in [0.2, 0.25) is 0 Å². The molecule has 22 heavy (non-hydrogen) atoms. The lowest BCUT2D eigenvalue weighted by atomic mass is 9.96. The van der Waals surface area contributed by atoms with Gasteiger partial charge in [0.05, 0.1) is 0 Å². The molecular formula is C17H29NO4. The molecule has 1 saturated heterocycles. The Hall–Kier alpha value is -1.52. The fraction of sp³-hybridized carbons (Fsp3) is 0.765. The first-order valence-corrected chi connectivity index (χ1v) is 7.85. The van der Waals surface area contributed by atoms with Crippen molar-refractivity contribution >= 4 is 12.1 Å². The molecule has 5 heteroatoms. The Labute approximate surface area is 133 Å². The molecule has 0 aliphatic carbocycles. The molecule has 0 N–H and O–H groups in total. The van der Waals surface area contributed by atoms with Crippen molar-refractivity contribution in [1.82, 2.24) is 4.90 Å². The Kier molecular flexibility index (Phi) is 6.03. The number of amides is 1. The molecule has 0 radical (unpaired) electrons. The van der Waals surface area contributed by atoms with E-state index in [-0.39, 0.29) is 12.1 Å². The zero-order valence-electron chi connectivity index (χ0n) is 14.6. The van der Waals surface area contributed by atoms with Gasteiger partial charge in [0.2, 0.25) is 0 Å². The van der Waals surface area contributed by atoms with Gasteiger partial charge in [0.25, 0.3) is 0 Å². The number of allylic oxidation sites excluding steroid dienone is 1. The van der Waals surface area contributed by atoms with Crippen LogP contribution in [0.4, 0.5) is 4.79 Å². The summed E-state index contributed by atoms with van der Waals surface area (Å²) < 4.78 is 10.6. The molecule has 1 rings (SSSR count). The highest BCUT2D eigenvalue weighted by Crippen LogP contribution is 2.21. The molecule has 1 amide bonds. The minimum absolute atomic E-state index is 0.262. The predicted octanol–water partition coefficient (Wildman–Crippen LogP) is 3.53. The standard InChI is InChI=1S/C17H29NO4/c1-16(2,3)21-14(19)8-7-13-9-11-18(12-10-13)15(20)22-17(4,5)6/h7-8,13H,9-12H2,1-6H3/b8-7+. The number of carbonyl (C=O) groups excluding carboxylic acids is 2. The van der Waals surface area contributed by atoms with Crippen LogP contribution in [0, 0.1) is 5.92 Å². The van der Waals surface area contributed by atoms with Crippen LogP contribution in [-0.4, -0.2) is 41.3 Å². The van der Waals surface area contributed by atoms with Crippen LogP contribution in [0.1, 0.15) is 54.4 Å². The molecule has 0 bridgehead atoms. The van der Waals surface area contributed by atoms with Crippen molar-refractivity contribution in [3.63, 3.8) is 0 Å². The maximum Gasteiger partial charge on any atom is 0.410 e. The largest absolute Gasteiger partial charge is 0.457 e. The Balaban J connectivity index is 2.39. The van der Waals surface area contributed by atoms with Gasteiger partial charge in [-0.15, -0.1) is 0 Å². The first-order valence-electron chi connectivity index (χ1n) is 7.85. The monoisotopic (exact) mass is 311 g/mol. The molecule has 0 unspecified atom stereocenters. The highest BCUT2D eigenvalue weighted by Gasteiger charge is 2.26. The summed E-state index contributed by atoms with van der Waals surface area (Å²) in [5.74, 6) is -0.0201. The van der Waals surface area contributed by atoms with E-state index in [2.05, 4.69) is 0 Å². The van der Waals surface area contributed by atoms with Crippen molar-refractivity contribution in [3.8, 4) is 0 Å². The zero-order valence-corrected chi connectivity index (χ0v) is 14.6. The molecule has 1 fully saturated rings. The average Bonchev–Trinajstić information content (AvgIpc) is 2.33. The van der Waals surface area contributed by atoms with Crippen molar-refractivity contribution in [1.29, 1.82) is 0 Å². The van der Waals surface area contributed by atoms with Gasteiger partial charge in [-0.05, 0) is 60.3 Å². The van der Waals surface area contributed by atoms with Crippen molar-refractivity contribution in [2.75, 3.05) is 13.1 Å². The molecule has 5 nitrogen and oxygen atoms in total.